The van der Waals surface area contributed by atoms with E-state index in [9.17, 15) is 9.50 Å². The van der Waals surface area contributed by atoms with Crippen LogP contribution in [0.5, 0.6) is 5.75 Å². The maximum Gasteiger partial charge on any atom is 0.165 e. The first-order valence-corrected chi connectivity index (χ1v) is 5.89. The maximum atomic E-state index is 13.2. The molecule has 1 aromatic carbocycles. The summed E-state index contributed by atoms with van der Waals surface area (Å²) < 4.78 is 18.4. The Bertz CT molecular complexity index is 379. The van der Waals surface area contributed by atoms with Crippen LogP contribution < -0.4 is 10.1 Å². The molecule has 0 radical (unpaired) electrons. The molecule has 1 atom stereocenters. The Labute approximate surface area is 101 Å². The maximum absolute atomic E-state index is 13.2. The molecular weight excluding hydrogens is 221 g/mol. The van der Waals surface area contributed by atoms with E-state index in [1.54, 1.807) is 18.2 Å². The number of halogens is 1. The molecule has 0 bridgehead atoms. The summed E-state index contributed by atoms with van der Waals surface area (Å²) >= 11 is 0. The molecular formula is C13H18FNO2. The number of aliphatic hydroxyl groups excluding tert-OH is 1. The van der Waals surface area contributed by atoms with Gasteiger partial charge < -0.3 is 15.2 Å². The Morgan fingerprint density at radius 2 is 2.18 bits per heavy atom. The van der Waals surface area contributed by atoms with Gasteiger partial charge in [0.25, 0.3) is 0 Å². The number of benzene rings is 1. The van der Waals surface area contributed by atoms with E-state index < -0.39 is 11.9 Å². The molecule has 1 aliphatic carbocycles. The largest absolute Gasteiger partial charge is 0.488 e. The molecule has 2 N–H and O–H groups in total. The molecule has 0 heterocycles. The van der Waals surface area contributed by atoms with Gasteiger partial charge in [-0.2, -0.15) is 0 Å². The van der Waals surface area contributed by atoms with Crippen LogP contribution in [0.15, 0.2) is 24.3 Å². The van der Waals surface area contributed by atoms with Crippen LogP contribution in [-0.2, 0) is 0 Å². The predicted octanol–water partition coefficient (Wildman–Crippen LogP) is 1.71. The first-order chi connectivity index (χ1) is 8.09. The Hall–Kier alpha value is -1.13. The Balaban J connectivity index is 1.72. The average Bonchev–Trinajstić information content (AvgIpc) is 3.04. The number of hydrogen-bond donors (Lipinski definition) is 2. The number of hydrogen-bond acceptors (Lipinski definition) is 3. The van der Waals surface area contributed by atoms with E-state index in [-0.39, 0.29) is 17.9 Å². The number of nitrogens with one attached hydrogen (secondary N) is 1. The van der Waals surface area contributed by atoms with Gasteiger partial charge in [-0.3, -0.25) is 0 Å². The minimum atomic E-state index is -0.618. The molecule has 2 rings (SSSR count). The summed E-state index contributed by atoms with van der Waals surface area (Å²) in [6.45, 7) is 2.70. The van der Waals surface area contributed by atoms with Crippen LogP contribution in [0.4, 0.5) is 4.39 Å². The number of aliphatic hydroxyl groups is 1. The molecule has 3 nitrogen and oxygen atoms in total. The van der Waals surface area contributed by atoms with E-state index in [0.717, 1.165) is 12.8 Å². The zero-order valence-electron chi connectivity index (χ0n) is 9.95. The van der Waals surface area contributed by atoms with Gasteiger partial charge in [0.15, 0.2) is 11.6 Å². The smallest absolute Gasteiger partial charge is 0.165 e. The first kappa shape index (κ1) is 12.3. The van der Waals surface area contributed by atoms with Crippen molar-refractivity contribution in [3.63, 3.8) is 0 Å². The van der Waals surface area contributed by atoms with Gasteiger partial charge in [0.2, 0.25) is 0 Å². The van der Waals surface area contributed by atoms with Crippen LogP contribution >= 0.6 is 0 Å². The summed E-state index contributed by atoms with van der Waals surface area (Å²) in [7, 11) is 0. The second kappa shape index (κ2) is 5.02. The summed E-state index contributed by atoms with van der Waals surface area (Å²) in [5.74, 6) is -0.217. The van der Waals surface area contributed by atoms with Crippen LogP contribution in [0.1, 0.15) is 19.8 Å². The average molecular weight is 239 g/mol. The topological polar surface area (TPSA) is 41.5 Å². The second-order valence-electron chi connectivity index (χ2n) is 4.84. The van der Waals surface area contributed by atoms with Crippen molar-refractivity contribution >= 4 is 0 Å². The van der Waals surface area contributed by atoms with Crippen molar-refractivity contribution in [2.45, 2.75) is 31.4 Å². The third-order valence-electron chi connectivity index (χ3n) is 3.03. The van der Waals surface area contributed by atoms with Crippen LogP contribution in [0.3, 0.4) is 0 Å². The Morgan fingerprint density at radius 3 is 2.82 bits per heavy atom. The molecule has 94 valence electrons. The van der Waals surface area contributed by atoms with Crippen molar-refractivity contribution < 1.29 is 14.2 Å². The molecule has 1 unspecified atom stereocenters. The summed E-state index contributed by atoms with van der Waals surface area (Å²) in [5.41, 5.74) is 0.193. The molecule has 0 spiro atoms. The van der Waals surface area contributed by atoms with Gasteiger partial charge in [-0.1, -0.05) is 12.1 Å². The Kier molecular flexibility index (Phi) is 3.64. The summed E-state index contributed by atoms with van der Waals surface area (Å²) in [5, 5.41) is 12.9. The summed E-state index contributed by atoms with van der Waals surface area (Å²) in [4.78, 5) is 0. The lowest BCUT2D eigenvalue weighted by Gasteiger charge is -2.16. The standard InChI is InChI=1S/C13H18FNO2/c1-13(6-7-13)15-8-10(16)9-17-12-5-3-2-4-11(12)14/h2-5,10,15-16H,6-9H2,1H3. The zero-order chi connectivity index (χ0) is 12.3. The molecule has 0 saturated heterocycles. The lowest BCUT2D eigenvalue weighted by Crippen LogP contribution is -2.37. The molecule has 1 saturated carbocycles. The van der Waals surface area contributed by atoms with Crippen molar-refractivity contribution in [2.24, 2.45) is 0 Å². The van der Waals surface area contributed by atoms with Gasteiger partial charge in [0.1, 0.15) is 12.7 Å². The summed E-state index contributed by atoms with van der Waals surface area (Å²) in [6, 6.07) is 6.20. The van der Waals surface area contributed by atoms with E-state index in [0.29, 0.717) is 6.54 Å². The van der Waals surface area contributed by atoms with Gasteiger partial charge in [-0.05, 0) is 31.9 Å². The lowest BCUT2D eigenvalue weighted by atomic mass is 10.3. The monoisotopic (exact) mass is 239 g/mol. The van der Waals surface area contributed by atoms with Crippen LogP contribution in [0.2, 0.25) is 0 Å². The van der Waals surface area contributed by atoms with Gasteiger partial charge in [-0.25, -0.2) is 4.39 Å². The predicted molar refractivity (Wildman–Crippen MR) is 63.5 cm³/mol. The van der Waals surface area contributed by atoms with Gasteiger partial charge in [0.05, 0.1) is 0 Å². The minimum Gasteiger partial charge on any atom is -0.488 e. The fraction of sp³-hybridized carbons (Fsp3) is 0.538. The van der Waals surface area contributed by atoms with Crippen molar-refractivity contribution in [3.05, 3.63) is 30.1 Å². The number of para-hydroxylation sites is 1. The second-order valence-corrected chi connectivity index (χ2v) is 4.84. The van der Waals surface area contributed by atoms with E-state index in [4.69, 9.17) is 4.74 Å². The van der Waals surface area contributed by atoms with Crippen molar-refractivity contribution in [2.75, 3.05) is 13.2 Å². The molecule has 1 fully saturated rings. The van der Waals surface area contributed by atoms with E-state index in [1.165, 1.54) is 6.07 Å². The molecule has 4 heteroatoms. The number of rotatable bonds is 6. The SMILES string of the molecule is CC1(NCC(O)COc2ccccc2F)CC1. The fourth-order valence-corrected chi connectivity index (χ4v) is 1.54. The number of ether oxygens (including phenoxy) is 1. The Morgan fingerprint density at radius 1 is 1.47 bits per heavy atom. The van der Waals surface area contributed by atoms with Gasteiger partial charge in [-0.15, -0.1) is 0 Å². The fourth-order valence-electron chi connectivity index (χ4n) is 1.54. The van der Waals surface area contributed by atoms with Crippen LogP contribution in [0.25, 0.3) is 0 Å². The van der Waals surface area contributed by atoms with Crippen LogP contribution in [0, 0.1) is 5.82 Å². The molecule has 0 amide bonds. The zero-order valence-corrected chi connectivity index (χ0v) is 9.95. The van der Waals surface area contributed by atoms with Crippen molar-refractivity contribution in [3.8, 4) is 5.75 Å². The number of β-amino-alcohol motifs (C(OH)–C–C–N with tert-alkyl or cyclic N) is 1. The van der Waals surface area contributed by atoms with Gasteiger partial charge >= 0.3 is 0 Å². The third-order valence-corrected chi connectivity index (χ3v) is 3.03. The molecule has 17 heavy (non-hydrogen) atoms. The van der Waals surface area contributed by atoms with Crippen molar-refractivity contribution in [1.29, 1.82) is 0 Å². The molecule has 1 aromatic rings. The molecule has 0 aliphatic heterocycles. The summed E-state index contributed by atoms with van der Waals surface area (Å²) in [6.07, 6.45) is 1.67. The quantitative estimate of drug-likeness (QED) is 0.794. The normalized spacial score (nSPS) is 18.8. The van der Waals surface area contributed by atoms with E-state index >= 15 is 0 Å². The third kappa shape index (κ3) is 3.68. The highest BCUT2D eigenvalue weighted by Crippen LogP contribution is 2.33. The lowest BCUT2D eigenvalue weighted by molar-refractivity contribution is 0.101. The molecule has 0 aromatic heterocycles. The van der Waals surface area contributed by atoms with Crippen LogP contribution in [-0.4, -0.2) is 29.9 Å². The van der Waals surface area contributed by atoms with E-state index in [1.807, 2.05) is 0 Å². The molecule has 1 aliphatic rings. The highest BCUT2D eigenvalue weighted by molar-refractivity contribution is 5.23. The van der Waals surface area contributed by atoms with Crippen molar-refractivity contribution in [1.82, 2.24) is 5.32 Å². The van der Waals surface area contributed by atoms with Gasteiger partial charge in [0, 0.05) is 12.1 Å². The minimum absolute atomic E-state index is 0.101. The highest BCUT2D eigenvalue weighted by Gasteiger charge is 2.36. The first-order valence-electron chi connectivity index (χ1n) is 5.89. The highest BCUT2D eigenvalue weighted by atomic mass is 19.1. The van der Waals surface area contributed by atoms with E-state index in [2.05, 4.69) is 12.2 Å².